The third-order valence-corrected chi connectivity index (χ3v) is 6.17. The molecule has 0 bridgehead atoms. The second-order valence-corrected chi connectivity index (χ2v) is 8.90. The minimum Gasteiger partial charge on any atom is -0.384 e. The minimum absolute atomic E-state index is 0.236. The van der Waals surface area contributed by atoms with Crippen molar-refractivity contribution in [2.24, 2.45) is 0 Å². The van der Waals surface area contributed by atoms with E-state index < -0.39 is 0 Å². The number of hydrogen-bond donors (Lipinski definition) is 2. The normalized spacial score (nSPS) is 12.6. The largest absolute Gasteiger partial charge is 0.384 e. The van der Waals surface area contributed by atoms with E-state index in [2.05, 4.69) is 56.7 Å². The number of anilines is 2. The van der Waals surface area contributed by atoms with Gasteiger partial charge in [0.1, 0.15) is 11.9 Å². The van der Waals surface area contributed by atoms with Crippen LogP contribution in [0, 0.1) is 24.1 Å². The first-order valence-electron chi connectivity index (χ1n) is 11.3. The standard InChI is InChI=1S/C26H26FN7/c1-16-10-17(14-33(2)3)4-5-19(16)22-13-31-26(34-15-18(11-28)32-25(22)34)30-12-21-20-8-9-29-24(20)7-6-23(21)27/h4-7,10,13,15,29H,8-9,12,14H2,1-3H3,(H,30,31). The van der Waals surface area contributed by atoms with Crippen LogP contribution in [0.3, 0.4) is 0 Å². The Morgan fingerprint density at radius 3 is 2.85 bits per heavy atom. The van der Waals surface area contributed by atoms with Gasteiger partial charge >= 0.3 is 0 Å². The molecule has 0 radical (unpaired) electrons. The van der Waals surface area contributed by atoms with Crippen LogP contribution in [0.1, 0.15) is 27.9 Å². The molecule has 7 nitrogen and oxygen atoms in total. The van der Waals surface area contributed by atoms with Crippen molar-refractivity contribution in [3.05, 3.63) is 76.5 Å². The zero-order chi connectivity index (χ0) is 23.8. The number of hydrogen-bond acceptors (Lipinski definition) is 6. The summed E-state index contributed by atoms with van der Waals surface area (Å²) in [7, 11) is 4.09. The molecule has 34 heavy (non-hydrogen) atoms. The third kappa shape index (κ3) is 3.95. The zero-order valence-electron chi connectivity index (χ0n) is 19.5. The Hall–Kier alpha value is -3.96. The fourth-order valence-corrected chi connectivity index (χ4v) is 4.64. The molecule has 2 N–H and O–H groups in total. The van der Waals surface area contributed by atoms with Crippen LogP contribution >= 0.6 is 0 Å². The quantitative estimate of drug-likeness (QED) is 0.450. The van der Waals surface area contributed by atoms with Crippen molar-refractivity contribution >= 4 is 17.3 Å². The molecule has 0 unspecified atom stereocenters. The van der Waals surface area contributed by atoms with Crippen molar-refractivity contribution in [1.29, 1.82) is 5.26 Å². The molecular formula is C26H26FN7. The van der Waals surface area contributed by atoms with Crippen molar-refractivity contribution < 1.29 is 4.39 Å². The number of nitrogens with zero attached hydrogens (tertiary/aromatic N) is 5. The number of aryl methyl sites for hydroxylation is 1. The number of halogens is 1. The van der Waals surface area contributed by atoms with E-state index >= 15 is 0 Å². The van der Waals surface area contributed by atoms with Crippen molar-refractivity contribution in [2.75, 3.05) is 31.3 Å². The Labute approximate surface area is 197 Å². The van der Waals surface area contributed by atoms with Crippen molar-refractivity contribution in [3.63, 3.8) is 0 Å². The summed E-state index contributed by atoms with van der Waals surface area (Å²) < 4.78 is 16.4. The maximum Gasteiger partial charge on any atom is 0.208 e. The van der Waals surface area contributed by atoms with Gasteiger partial charge in [-0.3, -0.25) is 4.40 Å². The lowest BCUT2D eigenvalue weighted by atomic mass is 10.00. The van der Waals surface area contributed by atoms with Gasteiger partial charge in [0.15, 0.2) is 11.3 Å². The summed E-state index contributed by atoms with van der Waals surface area (Å²) in [6.07, 6.45) is 4.23. The topological polar surface area (TPSA) is 81.3 Å². The first kappa shape index (κ1) is 21.9. The predicted octanol–water partition coefficient (Wildman–Crippen LogP) is 4.36. The average Bonchev–Trinajstić information content (AvgIpc) is 3.46. The number of rotatable bonds is 6. The van der Waals surface area contributed by atoms with E-state index in [1.807, 2.05) is 14.1 Å². The van der Waals surface area contributed by atoms with Crippen molar-refractivity contribution in [2.45, 2.75) is 26.4 Å². The van der Waals surface area contributed by atoms with Crippen LogP contribution in [0.5, 0.6) is 0 Å². The van der Waals surface area contributed by atoms with Crippen molar-refractivity contribution in [3.8, 4) is 17.2 Å². The molecule has 8 heteroatoms. The van der Waals surface area contributed by atoms with E-state index in [-0.39, 0.29) is 12.4 Å². The molecule has 172 valence electrons. The Balaban J connectivity index is 1.52. The molecule has 4 aromatic rings. The fraction of sp³-hybridized carbons (Fsp3) is 0.269. The molecule has 0 amide bonds. The maximum atomic E-state index is 14.6. The summed E-state index contributed by atoms with van der Waals surface area (Å²) in [6, 6.07) is 11.7. The van der Waals surface area contributed by atoms with E-state index in [0.717, 1.165) is 47.5 Å². The van der Waals surface area contributed by atoms with Crippen LogP contribution in [-0.2, 0) is 19.5 Å². The smallest absolute Gasteiger partial charge is 0.208 e. The molecule has 2 aromatic carbocycles. The van der Waals surface area contributed by atoms with Crippen molar-refractivity contribution in [1.82, 2.24) is 19.3 Å². The molecule has 1 aliphatic heterocycles. The number of nitriles is 1. The Bertz CT molecular complexity index is 1430. The fourth-order valence-electron chi connectivity index (χ4n) is 4.64. The summed E-state index contributed by atoms with van der Waals surface area (Å²) in [6.45, 7) is 4.02. The summed E-state index contributed by atoms with van der Waals surface area (Å²) in [5.74, 6) is 0.275. The van der Waals surface area contributed by atoms with Gasteiger partial charge in [0.25, 0.3) is 0 Å². The van der Waals surface area contributed by atoms with Crippen LogP contribution in [0.25, 0.3) is 16.8 Å². The highest BCUT2D eigenvalue weighted by Crippen LogP contribution is 2.31. The van der Waals surface area contributed by atoms with Crippen LogP contribution in [0.2, 0.25) is 0 Å². The summed E-state index contributed by atoms with van der Waals surface area (Å²) >= 11 is 0. The Kier molecular flexibility index (Phi) is 5.64. The molecule has 0 aliphatic carbocycles. The van der Waals surface area contributed by atoms with Gasteiger partial charge in [0.2, 0.25) is 5.95 Å². The van der Waals surface area contributed by atoms with Crippen LogP contribution in [0.15, 0.2) is 42.7 Å². The number of aromatic nitrogens is 3. The summed E-state index contributed by atoms with van der Waals surface area (Å²) in [4.78, 5) is 11.3. The Morgan fingerprint density at radius 1 is 1.24 bits per heavy atom. The lowest BCUT2D eigenvalue weighted by Crippen LogP contribution is -2.11. The van der Waals surface area contributed by atoms with E-state index in [1.165, 1.54) is 11.6 Å². The highest BCUT2D eigenvalue weighted by molar-refractivity contribution is 5.80. The number of benzene rings is 2. The second-order valence-electron chi connectivity index (χ2n) is 8.90. The second kappa shape index (κ2) is 8.76. The SMILES string of the molecule is Cc1cc(CN(C)C)ccc1-c1cnc(NCc2c(F)ccc3c2CCN3)n2cc(C#N)nc12. The van der Waals surface area contributed by atoms with Gasteiger partial charge < -0.3 is 15.5 Å². The molecule has 3 heterocycles. The number of fused-ring (bicyclic) bond motifs is 2. The third-order valence-electron chi connectivity index (χ3n) is 6.17. The predicted molar refractivity (Wildman–Crippen MR) is 131 cm³/mol. The molecule has 0 atom stereocenters. The van der Waals surface area contributed by atoms with Gasteiger partial charge in [-0.2, -0.15) is 5.26 Å². The minimum atomic E-state index is -0.236. The summed E-state index contributed by atoms with van der Waals surface area (Å²) in [5.41, 5.74) is 7.74. The lowest BCUT2D eigenvalue weighted by Gasteiger charge is -2.15. The molecule has 2 aromatic heterocycles. The highest BCUT2D eigenvalue weighted by Gasteiger charge is 2.19. The molecule has 0 saturated heterocycles. The van der Waals surface area contributed by atoms with Gasteiger partial charge in [-0.1, -0.05) is 18.2 Å². The monoisotopic (exact) mass is 455 g/mol. The van der Waals surface area contributed by atoms with E-state index in [1.54, 1.807) is 22.9 Å². The lowest BCUT2D eigenvalue weighted by molar-refractivity contribution is 0.402. The van der Waals surface area contributed by atoms with Crippen LogP contribution < -0.4 is 10.6 Å². The van der Waals surface area contributed by atoms with Gasteiger partial charge in [-0.15, -0.1) is 0 Å². The van der Waals surface area contributed by atoms with Crippen LogP contribution in [0.4, 0.5) is 16.0 Å². The molecule has 5 rings (SSSR count). The maximum absolute atomic E-state index is 14.6. The van der Waals surface area contributed by atoms with E-state index in [9.17, 15) is 9.65 Å². The van der Waals surface area contributed by atoms with Gasteiger partial charge in [-0.05, 0) is 61.8 Å². The molecule has 0 saturated carbocycles. The first-order valence-corrected chi connectivity index (χ1v) is 11.3. The summed E-state index contributed by atoms with van der Waals surface area (Å²) in [5, 5.41) is 16.0. The number of imidazole rings is 1. The Morgan fingerprint density at radius 2 is 2.09 bits per heavy atom. The van der Waals surface area contributed by atoms with Gasteiger partial charge in [0, 0.05) is 42.6 Å². The zero-order valence-corrected chi connectivity index (χ0v) is 19.5. The molecule has 0 fully saturated rings. The van der Waals surface area contributed by atoms with Gasteiger partial charge in [0.05, 0.1) is 6.20 Å². The van der Waals surface area contributed by atoms with E-state index in [4.69, 9.17) is 0 Å². The van der Waals surface area contributed by atoms with Gasteiger partial charge in [-0.25, -0.2) is 14.4 Å². The molecule has 1 aliphatic rings. The highest BCUT2D eigenvalue weighted by atomic mass is 19.1. The van der Waals surface area contributed by atoms with E-state index in [0.29, 0.717) is 22.9 Å². The number of nitrogens with one attached hydrogen (secondary N) is 2. The molecular weight excluding hydrogens is 429 g/mol. The molecule has 0 spiro atoms. The average molecular weight is 456 g/mol. The first-order chi connectivity index (χ1) is 16.4. The van der Waals surface area contributed by atoms with Crippen LogP contribution in [-0.4, -0.2) is 39.9 Å².